The molecule has 0 amide bonds. The van der Waals surface area contributed by atoms with E-state index < -0.39 is 0 Å². The molecule has 4 nitrogen and oxygen atoms in total. The Morgan fingerprint density at radius 2 is 1.84 bits per heavy atom. The van der Waals surface area contributed by atoms with Crippen molar-refractivity contribution in [2.45, 2.75) is 64.3 Å². The van der Waals surface area contributed by atoms with Gasteiger partial charge in [0.25, 0.3) is 0 Å². The number of hydrogen-bond acceptors (Lipinski definition) is 4. The summed E-state index contributed by atoms with van der Waals surface area (Å²) in [5.41, 5.74) is 0. The van der Waals surface area contributed by atoms with Crippen molar-refractivity contribution in [1.82, 2.24) is 10.6 Å². The smallest absolute Gasteiger partial charge is 0.305 e. The van der Waals surface area contributed by atoms with Crippen molar-refractivity contribution in [3.8, 4) is 0 Å². The zero-order valence-electron chi connectivity index (χ0n) is 12.4. The van der Waals surface area contributed by atoms with E-state index in [1.807, 2.05) is 0 Å². The first-order valence-electron chi connectivity index (χ1n) is 7.92. The predicted octanol–water partition coefficient (Wildman–Crippen LogP) is 2.23. The SMILES string of the molecule is CCCCCCCCCC(=O)OCC1CNCCN1. The molecule has 0 aliphatic carbocycles. The number of piperazine rings is 1. The zero-order valence-corrected chi connectivity index (χ0v) is 12.4. The highest BCUT2D eigenvalue weighted by atomic mass is 16.5. The fourth-order valence-electron chi connectivity index (χ4n) is 2.32. The maximum atomic E-state index is 11.6. The van der Waals surface area contributed by atoms with Gasteiger partial charge >= 0.3 is 5.97 Å². The summed E-state index contributed by atoms with van der Waals surface area (Å²) >= 11 is 0. The van der Waals surface area contributed by atoms with Crippen molar-refractivity contribution in [1.29, 1.82) is 0 Å². The second kappa shape index (κ2) is 11.2. The third kappa shape index (κ3) is 9.00. The van der Waals surface area contributed by atoms with Gasteiger partial charge in [0.15, 0.2) is 0 Å². The summed E-state index contributed by atoms with van der Waals surface area (Å²) in [7, 11) is 0. The molecule has 2 N–H and O–H groups in total. The van der Waals surface area contributed by atoms with E-state index in [-0.39, 0.29) is 12.0 Å². The van der Waals surface area contributed by atoms with Crippen LogP contribution in [0.3, 0.4) is 0 Å². The molecular formula is C15H30N2O2. The maximum absolute atomic E-state index is 11.6. The molecule has 19 heavy (non-hydrogen) atoms. The summed E-state index contributed by atoms with van der Waals surface area (Å²) in [6, 6.07) is 0.284. The number of carbonyl (C=O) groups is 1. The maximum Gasteiger partial charge on any atom is 0.305 e. The van der Waals surface area contributed by atoms with Gasteiger partial charge in [-0.1, -0.05) is 45.4 Å². The number of nitrogens with one attached hydrogen (secondary N) is 2. The third-order valence-electron chi connectivity index (χ3n) is 3.56. The van der Waals surface area contributed by atoms with Gasteiger partial charge < -0.3 is 15.4 Å². The molecule has 1 aliphatic heterocycles. The number of esters is 1. The van der Waals surface area contributed by atoms with Crippen LogP contribution in [0.25, 0.3) is 0 Å². The van der Waals surface area contributed by atoms with Crippen molar-refractivity contribution in [2.24, 2.45) is 0 Å². The van der Waals surface area contributed by atoms with E-state index in [1.165, 1.54) is 32.1 Å². The van der Waals surface area contributed by atoms with Crippen LogP contribution in [0.1, 0.15) is 58.3 Å². The molecule has 0 bridgehead atoms. The van der Waals surface area contributed by atoms with Gasteiger partial charge in [0, 0.05) is 26.1 Å². The summed E-state index contributed by atoms with van der Waals surface area (Å²) in [5.74, 6) is -0.0408. The first-order valence-corrected chi connectivity index (χ1v) is 7.92. The molecule has 1 aliphatic rings. The van der Waals surface area contributed by atoms with Gasteiger partial charge in [0.05, 0.1) is 6.04 Å². The Bertz CT molecular complexity index is 228. The molecule has 0 saturated carbocycles. The van der Waals surface area contributed by atoms with Crippen LogP contribution < -0.4 is 10.6 Å². The fraction of sp³-hybridized carbons (Fsp3) is 0.933. The van der Waals surface area contributed by atoms with Crippen LogP contribution in [0.15, 0.2) is 0 Å². The lowest BCUT2D eigenvalue weighted by Gasteiger charge is -2.23. The Labute approximate surface area is 117 Å². The first-order chi connectivity index (χ1) is 9.33. The molecule has 0 radical (unpaired) electrons. The molecule has 0 spiro atoms. The van der Waals surface area contributed by atoms with Gasteiger partial charge in [-0.05, 0) is 6.42 Å². The van der Waals surface area contributed by atoms with Gasteiger partial charge in [-0.15, -0.1) is 0 Å². The van der Waals surface area contributed by atoms with Crippen molar-refractivity contribution >= 4 is 5.97 Å². The highest BCUT2D eigenvalue weighted by molar-refractivity contribution is 5.69. The van der Waals surface area contributed by atoms with E-state index in [9.17, 15) is 4.79 Å². The molecular weight excluding hydrogens is 240 g/mol. The van der Waals surface area contributed by atoms with E-state index in [4.69, 9.17) is 4.74 Å². The molecule has 112 valence electrons. The van der Waals surface area contributed by atoms with Crippen LogP contribution in [-0.2, 0) is 9.53 Å². The molecule has 1 heterocycles. The number of ether oxygens (including phenoxy) is 1. The molecule has 0 aromatic carbocycles. The average Bonchev–Trinajstić information content (AvgIpc) is 2.45. The van der Waals surface area contributed by atoms with Crippen LogP contribution >= 0.6 is 0 Å². The minimum Gasteiger partial charge on any atom is -0.464 e. The van der Waals surface area contributed by atoms with E-state index in [1.54, 1.807) is 0 Å². The minimum atomic E-state index is -0.0408. The van der Waals surface area contributed by atoms with Gasteiger partial charge in [0.2, 0.25) is 0 Å². The molecule has 1 rings (SSSR count). The third-order valence-corrected chi connectivity index (χ3v) is 3.56. The van der Waals surface area contributed by atoms with E-state index in [0.29, 0.717) is 13.0 Å². The summed E-state index contributed by atoms with van der Waals surface area (Å²) in [6.07, 6.45) is 9.22. The summed E-state index contributed by atoms with van der Waals surface area (Å²) in [5, 5.41) is 6.61. The Morgan fingerprint density at radius 3 is 2.53 bits per heavy atom. The van der Waals surface area contributed by atoms with Crippen LogP contribution in [0.5, 0.6) is 0 Å². The van der Waals surface area contributed by atoms with Crippen molar-refractivity contribution in [3.05, 3.63) is 0 Å². The largest absolute Gasteiger partial charge is 0.464 e. The number of unbranched alkanes of at least 4 members (excludes halogenated alkanes) is 6. The molecule has 0 aromatic rings. The molecule has 1 fully saturated rings. The number of rotatable bonds is 10. The highest BCUT2D eigenvalue weighted by Gasteiger charge is 2.13. The van der Waals surface area contributed by atoms with Crippen molar-refractivity contribution in [2.75, 3.05) is 26.2 Å². The number of hydrogen-bond donors (Lipinski definition) is 2. The van der Waals surface area contributed by atoms with Crippen LogP contribution in [-0.4, -0.2) is 38.3 Å². The summed E-state index contributed by atoms with van der Waals surface area (Å²) < 4.78 is 5.29. The second-order valence-electron chi connectivity index (χ2n) is 5.41. The van der Waals surface area contributed by atoms with E-state index in [2.05, 4.69) is 17.6 Å². The topological polar surface area (TPSA) is 50.4 Å². The van der Waals surface area contributed by atoms with E-state index >= 15 is 0 Å². The van der Waals surface area contributed by atoms with Crippen LogP contribution in [0.2, 0.25) is 0 Å². The predicted molar refractivity (Wildman–Crippen MR) is 78.2 cm³/mol. The summed E-state index contributed by atoms with van der Waals surface area (Å²) in [6.45, 7) is 5.59. The Morgan fingerprint density at radius 1 is 1.11 bits per heavy atom. The fourth-order valence-corrected chi connectivity index (χ4v) is 2.32. The second-order valence-corrected chi connectivity index (χ2v) is 5.41. The summed E-state index contributed by atoms with van der Waals surface area (Å²) in [4.78, 5) is 11.6. The Hall–Kier alpha value is -0.610. The Kier molecular flexibility index (Phi) is 9.72. The quantitative estimate of drug-likeness (QED) is 0.472. The van der Waals surface area contributed by atoms with Crippen molar-refractivity contribution in [3.63, 3.8) is 0 Å². The molecule has 1 saturated heterocycles. The van der Waals surface area contributed by atoms with Crippen molar-refractivity contribution < 1.29 is 9.53 Å². The highest BCUT2D eigenvalue weighted by Crippen LogP contribution is 2.08. The molecule has 1 atom stereocenters. The van der Waals surface area contributed by atoms with Gasteiger partial charge in [0.1, 0.15) is 6.61 Å². The molecule has 0 aromatic heterocycles. The number of carbonyl (C=O) groups excluding carboxylic acids is 1. The monoisotopic (exact) mass is 270 g/mol. The lowest BCUT2D eigenvalue weighted by molar-refractivity contribution is -0.144. The van der Waals surface area contributed by atoms with Gasteiger partial charge in [-0.25, -0.2) is 0 Å². The van der Waals surface area contributed by atoms with Crippen LogP contribution in [0.4, 0.5) is 0 Å². The minimum absolute atomic E-state index is 0.0408. The van der Waals surface area contributed by atoms with Gasteiger partial charge in [-0.3, -0.25) is 4.79 Å². The lowest BCUT2D eigenvalue weighted by Crippen LogP contribution is -2.50. The molecule has 4 heteroatoms. The average molecular weight is 270 g/mol. The van der Waals surface area contributed by atoms with Crippen LogP contribution in [0, 0.1) is 0 Å². The van der Waals surface area contributed by atoms with Gasteiger partial charge in [-0.2, -0.15) is 0 Å². The lowest BCUT2D eigenvalue weighted by atomic mass is 10.1. The Balaban J connectivity index is 1.87. The first kappa shape index (κ1) is 16.4. The standard InChI is InChI=1S/C15H30N2O2/c1-2-3-4-5-6-7-8-9-15(18)19-13-14-12-16-10-11-17-14/h14,16-17H,2-13H2,1H3. The van der Waals surface area contributed by atoms with E-state index in [0.717, 1.165) is 32.5 Å². The normalized spacial score (nSPS) is 19.3. The molecule has 1 unspecified atom stereocenters. The zero-order chi connectivity index (χ0) is 13.8.